The second-order valence-corrected chi connectivity index (χ2v) is 3.14. The molecule has 1 N–H and O–H groups in total. The molecule has 0 fully saturated rings. The van der Waals surface area contributed by atoms with E-state index in [1.54, 1.807) is 0 Å². The molecular weight excluding hydrogens is 158 g/mol. The topological polar surface area (TPSA) is 23.9 Å². The summed E-state index contributed by atoms with van der Waals surface area (Å²) in [5.74, 6) is 0. The van der Waals surface area contributed by atoms with Crippen LogP contribution in [0.5, 0.6) is 0 Å². The first-order valence-corrected chi connectivity index (χ1v) is 4.47. The maximum absolute atomic E-state index is 6.94. The molecule has 68 valence electrons. The summed E-state index contributed by atoms with van der Waals surface area (Å²) in [7, 11) is 0. The van der Waals surface area contributed by atoms with E-state index in [1.165, 1.54) is 22.9 Å². The fraction of sp³-hybridized carbons (Fsp3) is 0.250. The van der Waals surface area contributed by atoms with E-state index >= 15 is 0 Å². The lowest BCUT2D eigenvalue weighted by atomic mass is 10.0. The molecule has 0 radical (unpaired) electrons. The van der Waals surface area contributed by atoms with Crippen LogP contribution in [0.4, 0.5) is 0 Å². The number of allylic oxidation sites excluding steroid dienone is 2. The predicted octanol–water partition coefficient (Wildman–Crippen LogP) is 3.44. The molecular formula is C12H15N. The highest BCUT2D eigenvalue weighted by Gasteiger charge is 1.97. The van der Waals surface area contributed by atoms with Gasteiger partial charge in [-0.25, -0.2) is 0 Å². The third-order valence-electron chi connectivity index (χ3n) is 2.11. The van der Waals surface area contributed by atoms with Gasteiger partial charge in [0.2, 0.25) is 0 Å². The molecule has 0 unspecified atom stereocenters. The molecule has 13 heavy (non-hydrogen) atoms. The van der Waals surface area contributed by atoms with E-state index in [1.807, 2.05) is 12.1 Å². The highest BCUT2D eigenvalue weighted by molar-refractivity contribution is 5.69. The summed E-state index contributed by atoms with van der Waals surface area (Å²) in [5.41, 5.74) is 3.83. The van der Waals surface area contributed by atoms with E-state index in [2.05, 4.69) is 32.1 Å². The minimum atomic E-state index is 0.722. The van der Waals surface area contributed by atoms with E-state index in [9.17, 15) is 0 Å². The Labute approximate surface area is 79.6 Å². The van der Waals surface area contributed by atoms with Gasteiger partial charge in [0.15, 0.2) is 0 Å². The van der Waals surface area contributed by atoms with Crippen molar-refractivity contribution in [2.45, 2.75) is 20.3 Å². The van der Waals surface area contributed by atoms with Gasteiger partial charge in [0.05, 0.1) is 0 Å². The van der Waals surface area contributed by atoms with Gasteiger partial charge in [0, 0.05) is 6.42 Å². The Balaban J connectivity index is 2.94. The predicted molar refractivity (Wildman–Crippen MR) is 58.2 cm³/mol. The third kappa shape index (κ3) is 2.55. The smallest absolute Gasteiger partial charge is 0.000575 e. The van der Waals surface area contributed by atoms with Gasteiger partial charge in [-0.3, -0.25) is 0 Å². The van der Waals surface area contributed by atoms with E-state index in [0.717, 1.165) is 6.42 Å². The lowest BCUT2D eigenvalue weighted by Crippen LogP contribution is -1.84. The van der Waals surface area contributed by atoms with Crippen molar-refractivity contribution in [3.8, 4) is 0 Å². The van der Waals surface area contributed by atoms with Gasteiger partial charge in [0.25, 0.3) is 0 Å². The van der Waals surface area contributed by atoms with Crippen LogP contribution in [0.2, 0.25) is 0 Å². The van der Waals surface area contributed by atoms with Crippen LogP contribution in [-0.2, 0) is 0 Å². The normalized spacial score (nSPS) is 11.4. The van der Waals surface area contributed by atoms with Crippen LogP contribution in [0.1, 0.15) is 24.5 Å². The van der Waals surface area contributed by atoms with Crippen molar-refractivity contribution < 1.29 is 0 Å². The van der Waals surface area contributed by atoms with Crippen molar-refractivity contribution in [2.75, 3.05) is 0 Å². The second-order valence-electron chi connectivity index (χ2n) is 3.14. The van der Waals surface area contributed by atoms with E-state index in [0.29, 0.717) is 0 Å². The zero-order valence-electron chi connectivity index (χ0n) is 8.17. The van der Waals surface area contributed by atoms with Gasteiger partial charge < -0.3 is 5.41 Å². The largest absolute Gasteiger partial charge is 0.313 e. The Kier molecular flexibility index (Phi) is 3.44. The summed E-state index contributed by atoms with van der Waals surface area (Å²) < 4.78 is 0. The number of rotatable bonds is 3. The molecule has 1 aromatic rings. The minimum absolute atomic E-state index is 0.722. The fourth-order valence-corrected chi connectivity index (χ4v) is 1.36. The molecule has 0 heterocycles. The Hall–Kier alpha value is -1.37. The molecule has 0 atom stereocenters. The molecule has 0 amide bonds. The molecule has 0 saturated heterocycles. The van der Waals surface area contributed by atoms with Crippen LogP contribution in [0, 0.1) is 12.3 Å². The monoisotopic (exact) mass is 173 g/mol. The third-order valence-corrected chi connectivity index (χ3v) is 2.11. The zero-order valence-corrected chi connectivity index (χ0v) is 8.17. The van der Waals surface area contributed by atoms with Crippen LogP contribution in [0.25, 0.3) is 5.57 Å². The Morgan fingerprint density at radius 2 is 2.08 bits per heavy atom. The van der Waals surface area contributed by atoms with E-state index in [4.69, 9.17) is 5.41 Å². The summed E-state index contributed by atoms with van der Waals surface area (Å²) >= 11 is 0. The quantitative estimate of drug-likeness (QED) is 0.677. The number of benzene rings is 1. The van der Waals surface area contributed by atoms with Gasteiger partial charge in [0.1, 0.15) is 0 Å². The van der Waals surface area contributed by atoms with E-state index < -0.39 is 0 Å². The molecule has 0 bridgehead atoms. The maximum Gasteiger partial charge on any atom is 0.000575 e. The highest BCUT2D eigenvalue weighted by atomic mass is 14.3. The van der Waals surface area contributed by atoms with Crippen LogP contribution in [0.15, 0.2) is 30.3 Å². The average molecular weight is 173 g/mol. The first-order valence-electron chi connectivity index (χ1n) is 4.47. The lowest BCUT2D eigenvalue weighted by Gasteiger charge is -2.04. The van der Waals surface area contributed by atoms with Gasteiger partial charge in [-0.1, -0.05) is 30.3 Å². The second kappa shape index (κ2) is 4.61. The van der Waals surface area contributed by atoms with Gasteiger partial charge in [-0.2, -0.15) is 0 Å². The molecule has 0 aliphatic rings. The van der Waals surface area contributed by atoms with Crippen LogP contribution in [0.3, 0.4) is 0 Å². The van der Waals surface area contributed by atoms with Crippen LogP contribution >= 0.6 is 0 Å². The first kappa shape index (κ1) is 9.72. The van der Waals surface area contributed by atoms with Gasteiger partial charge in [-0.15, -0.1) is 0 Å². The summed E-state index contributed by atoms with van der Waals surface area (Å²) in [4.78, 5) is 0. The average Bonchev–Trinajstić information content (AvgIpc) is 2.15. The maximum atomic E-state index is 6.94. The Bertz CT molecular complexity index is 324. The number of hydrogen-bond acceptors (Lipinski definition) is 1. The van der Waals surface area contributed by atoms with Gasteiger partial charge >= 0.3 is 0 Å². The van der Waals surface area contributed by atoms with Crippen molar-refractivity contribution in [1.29, 1.82) is 5.41 Å². The molecule has 0 spiro atoms. The first-order chi connectivity index (χ1) is 6.25. The van der Waals surface area contributed by atoms with Crippen molar-refractivity contribution in [3.05, 3.63) is 41.5 Å². The van der Waals surface area contributed by atoms with Crippen molar-refractivity contribution in [2.24, 2.45) is 0 Å². The molecule has 1 heteroatoms. The minimum Gasteiger partial charge on any atom is -0.313 e. The molecule has 1 nitrogen and oxygen atoms in total. The molecule has 0 aliphatic carbocycles. The molecule has 0 saturated carbocycles. The molecule has 1 rings (SSSR count). The van der Waals surface area contributed by atoms with Crippen molar-refractivity contribution in [3.63, 3.8) is 0 Å². The summed E-state index contributed by atoms with van der Waals surface area (Å²) in [5, 5.41) is 6.94. The molecule has 0 aliphatic heterocycles. The summed E-state index contributed by atoms with van der Waals surface area (Å²) in [6.07, 6.45) is 4.22. The standard InChI is InChI=1S/C12H15N/c1-10-6-3-4-8-12(10)11(2)7-5-9-13/h3-4,6-9,13H,5H2,1-2H3/b11-7+,13-9?. The SMILES string of the molecule is C/C(=C\CC=N)c1ccccc1C. The fourth-order valence-electron chi connectivity index (χ4n) is 1.36. The highest BCUT2D eigenvalue weighted by Crippen LogP contribution is 2.17. The van der Waals surface area contributed by atoms with Crippen LogP contribution < -0.4 is 0 Å². The number of nitrogens with one attached hydrogen (secondary N) is 1. The number of hydrogen-bond donors (Lipinski definition) is 1. The van der Waals surface area contributed by atoms with Gasteiger partial charge in [-0.05, 0) is 36.8 Å². The lowest BCUT2D eigenvalue weighted by molar-refractivity contribution is 1.38. The molecule has 1 aromatic carbocycles. The van der Waals surface area contributed by atoms with E-state index in [-0.39, 0.29) is 0 Å². The Morgan fingerprint density at radius 3 is 2.69 bits per heavy atom. The van der Waals surface area contributed by atoms with Crippen molar-refractivity contribution in [1.82, 2.24) is 0 Å². The summed E-state index contributed by atoms with van der Waals surface area (Å²) in [6.45, 7) is 4.20. The Morgan fingerprint density at radius 1 is 1.38 bits per heavy atom. The number of aryl methyl sites for hydroxylation is 1. The summed E-state index contributed by atoms with van der Waals surface area (Å²) in [6, 6.07) is 8.31. The molecule has 0 aromatic heterocycles. The van der Waals surface area contributed by atoms with Crippen LogP contribution in [-0.4, -0.2) is 6.21 Å². The zero-order chi connectivity index (χ0) is 9.68. The van der Waals surface area contributed by atoms with Crippen molar-refractivity contribution >= 4 is 11.8 Å².